The van der Waals surface area contributed by atoms with Crippen LogP contribution in [0.5, 0.6) is 5.75 Å². The molecular formula is C34H31N3O3. The first-order chi connectivity index (χ1) is 19.4. The normalized spacial score (nSPS) is 15.2. The molecule has 1 aliphatic rings. The van der Waals surface area contributed by atoms with E-state index < -0.39 is 12.1 Å². The molecule has 0 spiro atoms. The Hall–Kier alpha value is -4.84. The molecule has 0 saturated heterocycles. The fourth-order valence-electron chi connectivity index (χ4n) is 5.84. The first-order valence-electron chi connectivity index (χ1n) is 13.4. The van der Waals surface area contributed by atoms with Gasteiger partial charge in [0.05, 0.1) is 18.8 Å². The van der Waals surface area contributed by atoms with Crippen molar-refractivity contribution in [2.45, 2.75) is 25.9 Å². The molecule has 2 unspecified atom stereocenters. The number of carbonyl (C=O) groups is 2. The van der Waals surface area contributed by atoms with Gasteiger partial charge in [0.15, 0.2) is 0 Å². The van der Waals surface area contributed by atoms with E-state index in [4.69, 9.17) is 4.74 Å². The van der Waals surface area contributed by atoms with Crippen LogP contribution in [0, 0.1) is 6.92 Å². The number of aromatic nitrogens is 1. The first kappa shape index (κ1) is 25.4. The van der Waals surface area contributed by atoms with Crippen molar-refractivity contribution < 1.29 is 14.3 Å². The van der Waals surface area contributed by atoms with Crippen molar-refractivity contribution in [1.82, 2.24) is 9.47 Å². The van der Waals surface area contributed by atoms with Gasteiger partial charge in [-0.05, 0) is 61.4 Å². The number of hydrogen-bond donors (Lipinski definition) is 1. The second-order valence-corrected chi connectivity index (χ2v) is 10.3. The Bertz CT molecular complexity index is 1740. The van der Waals surface area contributed by atoms with Crippen LogP contribution in [-0.2, 0) is 11.8 Å². The topological polar surface area (TPSA) is 63.6 Å². The summed E-state index contributed by atoms with van der Waals surface area (Å²) in [6, 6.07) is 30.4. The molecule has 6 rings (SSSR count). The number of para-hydroxylation sites is 1. The molecule has 0 saturated carbocycles. The highest BCUT2D eigenvalue weighted by Gasteiger charge is 2.44. The van der Waals surface area contributed by atoms with Crippen molar-refractivity contribution in [2.24, 2.45) is 7.05 Å². The predicted molar refractivity (Wildman–Crippen MR) is 159 cm³/mol. The van der Waals surface area contributed by atoms with Gasteiger partial charge in [0, 0.05) is 34.8 Å². The van der Waals surface area contributed by atoms with Gasteiger partial charge in [-0.2, -0.15) is 0 Å². The van der Waals surface area contributed by atoms with Crippen molar-refractivity contribution in [3.8, 4) is 17.0 Å². The Balaban J connectivity index is 1.51. The second kappa shape index (κ2) is 10.0. The number of ether oxygens (including phenoxy) is 1. The summed E-state index contributed by atoms with van der Waals surface area (Å²) >= 11 is 0. The minimum Gasteiger partial charge on any atom is -0.497 e. The molecule has 2 atom stereocenters. The maximum atomic E-state index is 14.0. The van der Waals surface area contributed by atoms with Crippen molar-refractivity contribution in [2.75, 3.05) is 12.4 Å². The molecule has 2 heterocycles. The summed E-state index contributed by atoms with van der Waals surface area (Å²) in [5.74, 6) is 0.296. The molecular weight excluding hydrogens is 498 g/mol. The van der Waals surface area contributed by atoms with E-state index in [0.717, 1.165) is 33.3 Å². The van der Waals surface area contributed by atoms with Gasteiger partial charge in [0.1, 0.15) is 11.8 Å². The molecule has 1 N–H and O–H groups in total. The van der Waals surface area contributed by atoms with Gasteiger partial charge in [-0.3, -0.25) is 9.59 Å². The van der Waals surface area contributed by atoms with Gasteiger partial charge in [-0.15, -0.1) is 0 Å². The summed E-state index contributed by atoms with van der Waals surface area (Å²) in [5, 5.41) is 4.05. The summed E-state index contributed by atoms with van der Waals surface area (Å²) in [6.45, 7) is 3.87. The molecule has 0 bridgehead atoms. The van der Waals surface area contributed by atoms with Crippen LogP contribution in [0.15, 0.2) is 97.1 Å². The molecule has 2 amide bonds. The number of nitrogens with zero attached hydrogens (tertiary/aromatic N) is 2. The van der Waals surface area contributed by atoms with Gasteiger partial charge in [0.25, 0.3) is 5.91 Å². The zero-order valence-electron chi connectivity index (χ0n) is 23.0. The van der Waals surface area contributed by atoms with E-state index in [1.165, 1.54) is 5.56 Å². The summed E-state index contributed by atoms with van der Waals surface area (Å²) in [5.41, 5.74) is 7.53. The van der Waals surface area contributed by atoms with E-state index in [-0.39, 0.29) is 11.8 Å². The Morgan fingerprint density at radius 1 is 0.900 bits per heavy atom. The van der Waals surface area contributed by atoms with Crippen LogP contribution in [0.4, 0.5) is 5.69 Å². The van der Waals surface area contributed by atoms with Crippen LogP contribution in [0.3, 0.4) is 0 Å². The maximum absolute atomic E-state index is 14.0. The molecule has 4 aromatic carbocycles. The highest BCUT2D eigenvalue weighted by Crippen LogP contribution is 2.47. The highest BCUT2D eigenvalue weighted by molar-refractivity contribution is 6.06. The molecule has 1 aromatic heterocycles. The van der Waals surface area contributed by atoms with Gasteiger partial charge < -0.3 is 19.5 Å². The lowest BCUT2D eigenvalue weighted by Gasteiger charge is -2.31. The molecule has 6 nitrogen and oxygen atoms in total. The number of amides is 2. The van der Waals surface area contributed by atoms with Crippen molar-refractivity contribution in [3.63, 3.8) is 0 Å². The molecule has 40 heavy (non-hydrogen) atoms. The van der Waals surface area contributed by atoms with E-state index in [1.807, 2.05) is 36.4 Å². The zero-order chi connectivity index (χ0) is 28.0. The fraction of sp³-hybridized carbons (Fsp3) is 0.176. The van der Waals surface area contributed by atoms with Crippen molar-refractivity contribution in [3.05, 3.63) is 119 Å². The number of aryl methyl sites for hydroxylation is 2. The van der Waals surface area contributed by atoms with Crippen LogP contribution in [0.1, 0.15) is 40.0 Å². The van der Waals surface area contributed by atoms with E-state index in [0.29, 0.717) is 17.0 Å². The highest BCUT2D eigenvalue weighted by atomic mass is 16.5. The number of hydrogen-bond acceptors (Lipinski definition) is 3. The monoisotopic (exact) mass is 529 g/mol. The third-order valence-corrected chi connectivity index (χ3v) is 7.90. The Kier molecular flexibility index (Phi) is 6.39. The van der Waals surface area contributed by atoms with Crippen LogP contribution < -0.4 is 10.1 Å². The Labute approximate surface area is 233 Å². The Morgan fingerprint density at radius 2 is 1.57 bits per heavy atom. The average Bonchev–Trinajstić information content (AvgIpc) is 3.44. The second-order valence-electron chi connectivity index (χ2n) is 10.3. The smallest absolute Gasteiger partial charge is 0.255 e. The molecule has 1 aliphatic heterocycles. The molecule has 200 valence electrons. The lowest BCUT2D eigenvalue weighted by Crippen LogP contribution is -2.44. The van der Waals surface area contributed by atoms with Gasteiger partial charge in [0.2, 0.25) is 5.91 Å². The molecule has 0 radical (unpaired) electrons. The van der Waals surface area contributed by atoms with E-state index in [2.05, 4.69) is 60.3 Å². The van der Waals surface area contributed by atoms with Crippen LogP contribution >= 0.6 is 0 Å². The van der Waals surface area contributed by atoms with E-state index in [9.17, 15) is 9.59 Å². The number of methoxy groups -OCH3 is 1. The number of carbonyl (C=O) groups excluding carboxylic acids is 2. The average molecular weight is 530 g/mol. The van der Waals surface area contributed by atoms with Gasteiger partial charge in [-0.1, -0.05) is 66.2 Å². The fourth-order valence-corrected chi connectivity index (χ4v) is 5.84. The molecule has 5 aromatic rings. The van der Waals surface area contributed by atoms with Crippen LogP contribution in [0.2, 0.25) is 0 Å². The summed E-state index contributed by atoms with van der Waals surface area (Å²) < 4.78 is 7.43. The predicted octanol–water partition coefficient (Wildman–Crippen LogP) is 6.73. The molecule has 0 aliphatic carbocycles. The quantitative estimate of drug-likeness (QED) is 0.265. The molecule has 6 heteroatoms. The van der Waals surface area contributed by atoms with E-state index >= 15 is 0 Å². The standard InChI is InChI=1S/C34H31N3O3/c1-21-13-15-23(16-14-21)31-30(28-11-7-8-12-29(28)36(31)3)32-26-9-5-6-10-27(26)34(39)37(32)22(2)33(38)35-24-17-19-25(40-4)20-18-24/h5-20,22,32H,1-4H3,(H,35,38). The number of anilines is 1. The van der Waals surface area contributed by atoms with E-state index in [1.54, 1.807) is 43.2 Å². The lowest BCUT2D eigenvalue weighted by atomic mass is 9.92. The van der Waals surface area contributed by atoms with Crippen molar-refractivity contribution >= 4 is 28.4 Å². The molecule has 0 fully saturated rings. The number of fused-ring (bicyclic) bond motifs is 2. The minimum absolute atomic E-state index is 0.152. The largest absolute Gasteiger partial charge is 0.497 e. The number of benzene rings is 4. The van der Waals surface area contributed by atoms with Gasteiger partial charge >= 0.3 is 0 Å². The third kappa shape index (κ3) is 4.13. The third-order valence-electron chi connectivity index (χ3n) is 7.90. The number of nitrogens with one attached hydrogen (secondary N) is 1. The lowest BCUT2D eigenvalue weighted by molar-refractivity contribution is -0.120. The van der Waals surface area contributed by atoms with Crippen molar-refractivity contribution in [1.29, 1.82) is 0 Å². The zero-order valence-corrected chi connectivity index (χ0v) is 23.0. The first-order valence-corrected chi connectivity index (χ1v) is 13.4. The Morgan fingerprint density at radius 3 is 2.30 bits per heavy atom. The van der Waals surface area contributed by atoms with Crippen LogP contribution in [0.25, 0.3) is 22.2 Å². The summed E-state index contributed by atoms with van der Waals surface area (Å²) in [6.07, 6.45) is 0. The summed E-state index contributed by atoms with van der Waals surface area (Å²) in [7, 11) is 3.67. The van der Waals surface area contributed by atoms with Gasteiger partial charge in [-0.25, -0.2) is 0 Å². The minimum atomic E-state index is -0.739. The van der Waals surface area contributed by atoms with Crippen LogP contribution in [-0.4, -0.2) is 34.4 Å². The SMILES string of the molecule is COc1ccc(NC(=O)C(C)N2C(=O)c3ccccc3C2c2c(-c3ccc(C)cc3)n(C)c3ccccc23)cc1. The summed E-state index contributed by atoms with van der Waals surface area (Å²) in [4.78, 5) is 29.4. The number of rotatable bonds is 6. The maximum Gasteiger partial charge on any atom is 0.255 e.